The van der Waals surface area contributed by atoms with Crippen LogP contribution in [0.15, 0.2) is 12.1 Å². The number of hydrogen-bond acceptors (Lipinski definition) is 2. The molecule has 0 saturated carbocycles. The minimum Gasteiger partial charge on any atom is -0.350 e. The summed E-state index contributed by atoms with van der Waals surface area (Å²) in [6.07, 6.45) is 0. The van der Waals surface area contributed by atoms with E-state index in [0.29, 0.717) is 6.54 Å². The van der Waals surface area contributed by atoms with Gasteiger partial charge in [0, 0.05) is 18.4 Å². The number of rotatable bonds is 3. The van der Waals surface area contributed by atoms with E-state index in [0.717, 1.165) is 5.69 Å². The van der Waals surface area contributed by atoms with E-state index in [4.69, 9.17) is 5.73 Å². The van der Waals surface area contributed by atoms with E-state index in [2.05, 4.69) is 5.32 Å². The van der Waals surface area contributed by atoms with Crippen molar-refractivity contribution >= 4 is 5.91 Å². The Balaban J connectivity index is 2.54. The Hall–Kier alpha value is -1.29. The van der Waals surface area contributed by atoms with Crippen LogP contribution in [0, 0.1) is 6.92 Å². The quantitative estimate of drug-likeness (QED) is 0.728. The summed E-state index contributed by atoms with van der Waals surface area (Å²) >= 11 is 0. The largest absolute Gasteiger partial charge is 0.350 e. The van der Waals surface area contributed by atoms with Gasteiger partial charge in [0.15, 0.2) is 0 Å². The lowest BCUT2D eigenvalue weighted by molar-refractivity contribution is -0.122. The van der Waals surface area contributed by atoms with Crippen LogP contribution in [-0.4, -0.2) is 16.5 Å². The maximum absolute atomic E-state index is 11.2. The molecule has 1 atom stereocenters. The lowest BCUT2D eigenvalue weighted by Crippen LogP contribution is -2.38. The zero-order valence-electron chi connectivity index (χ0n) is 8.87. The predicted molar refractivity (Wildman–Crippen MR) is 55.6 cm³/mol. The topological polar surface area (TPSA) is 60.1 Å². The van der Waals surface area contributed by atoms with Gasteiger partial charge >= 0.3 is 0 Å². The maximum Gasteiger partial charge on any atom is 0.236 e. The first kappa shape index (κ1) is 10.8. The first-order chi connectivity index (χ1) is 6.52. The van der Waals surface area contributed by atoms with Crippen molar-refractivity contribution < 1.29 is 4.79 Å². The fraction of sp³-hybridized carbons (Fsp3) is 0.500. The number of carbonyl (C=O) groups excluding carboxylic acids is 1. The van der Waals surface area contributed by atoms with Crippen molar-refractivity contribution in [1.29, 1.82) is 0 Å². The van der Waals surface area contributed by atoms with Crippen molar-refractivity contribution in [3.05, 3.63) is 23.5 Å². The average Bonchev–Trinajstić information content (AvgIpc) is 2.44. The van der Waals surface area contributed by atoms with E-state index >= 15 is 0 Å². The Morgan fingerprint density at radius 3 is 2.71 bits per heavy atom. The molecular weight excluding hydrogens is 178 g/mol. The molecule has 1 amide bonds. The number of nitrogens with one attached hydrogen (secondary N) is 1. The number of aromatic nitrogens is 1. The highest BCUT2D eigenvalue weighted by molar-refractivity contribution is 5.80. The molecule has 1 aromatic rings. The van der Waals surface area contributed by atoms with Crippen LogP contribution >= 0.6 is 0 Å². The van der Waals surface area contributed by atoms with Gasteiger partial charge in [0.05, 0.1) is 12.6 Å². The first-order valence-electron chi connectivity index (χ1n) is 4.67. The summed E-state index contributed by atoms with van der Waals surface area (Å²) in [5.74, 6) is -0.121. The van der Waals surface area contributed by atoms with Crippen LogP contribution in [0.2, 0.25) is 0 Å². The number of amides is 1. The third kappa shape index (κ3) is 2.35. The van der Waals surface area contributed by atoms with E-state index in [9.17, 15) is 4.79 Å². The highest BCUT2D eigenvalue weighted by Gasteiger charge is 2.07. The van der Waals surface area contributed by atoms with Crippen molar-refractivity contribution in [2.24, 2.45) is 12.8 Å². The molecule has 0 spiro atoms. The van der Waals surface area contributed by atoms with Gasteiger partial charge in [-0.3, -0.25) is 4.79 Å². The number of aryl methyl sites for hydroxylation is 1. The third-order valence-corrected chi connectivity index (χ3v) is 2.33. The van der Waals surface area contributed by atoms with Gasteiger partial charge in [-0.1, -0.05) is 0 Å². The van der Waals surface area contributed by atoms with Crippen LogP contribution in [0.3, 0.4) is 0 Å². The monoisotopic (exact) mass is 195 g/mol. The Labute approximate surface area is 84.1 Å². The van der Waals surface area contributed by atoms with Crippen LogP contribution in [0.25, 0.3) is 0 Å². The molecular formula is C10H17N3O. The molecule has 0 aliphatic heterocycles. The lowest BCUT2D eigenvalue weighted by Gasteiger charge is -2.09. The Morgan fingerprint density at radius 1 is 1.64 bits per heavy atom. The summed E-state index contributed by atoms with van der Waals surface area (Å²) < 4.78 is 2.04. The molecule has 14 heavy (non-hydrogen) atoms. The SMILES string of the molecule is Cc1ccc(CNC(=O)C(C)N)n1C. The normalized spacial score (nSPS) is 12.6. The van der Waals surface area contributed by atoms with Gasteiger partial charge in [-0.2, -0.15) is 0 Å². The average molecular weight is 195 g/mol. The number of nitrogens with zero attached hydrogens (tertiary/aromatic N) is 1. The highest BCUT2D eigenvalue weighted by Crippen LogP contribution is 2.04. The van der Waals surface area contributed by atoms with Gasteiger partial charge in [-0.15, -0.1) is 0 Å². The molecule has 1 rings (SSSR count). The van der Waals surface area contributed by atoms with Crippen LogP contribution in [0.4, 0.5) is 0 Å². The molecule has 1 heterocycles. The van der Waals surface area contributed by atoms with Crippen LogP contribution in [0.1, 0.15) is 18.3 Å². The minimum atomic E-state index is -0.448. The molecule has 3 N–H and O–H groups in total. The Bertz CT molecular complexity index is 328. The predicted octanol–water partition coefficient (Wildman–Crippen LogP) is 0.297. The summed E-state index contributed by atoms with van der Waals surface area (Å²) in [5, 5.41) is 2.77. The van der Waals surface area contributed by atoms with Gasteiger partial charge in [0.1, 0.15) is 0 Å². The molecule has 4 heteroatoms. The summed E-state index contributed by atoms with van der Waals surface area (Å²) in [5.41, 5.74) is 7.68. The molecule has 4 nitrogen and oxygen atoms in total. The van der Waals surface area contributed by atoms with E-state index in [-0.39, 0.29) is 5.91 Å². The molecule has 0 aliphatic rings. The van der Waals surface area contributed by atoms with Gasteiger partial charge in [0.25, 0.3) is 0 Å². The molecule has 0 aromatic carbocycles. The Morgan fingerprint density at radius 2 is 2.29 bits per heavy atom. The highest BCUT2D eigenvalue weighted by atomic mass is 16.2. The lowest BCUT2D eigenvalue weighted by atomic mass is 10.3. The zero-order chi connectivity index (χ0) is 10.7. The smallest absolute Gasteiger partial charge is 0.236 e. The molecule has 1 unspecified atom stereocenters. The third-order valence-electron chi connectivity index (χ3n) is 2.33. The molecule has 1 aromatic heterocycles. The molecule has 0 aliphatic carbocycles. The first-order valence-corrected chi connectivity index (χ1v) is 4.67. The van der Waals surface area contributed by atoms with Crippen LogP contribution in [-0.2, 0) is 18.4 Å². The van der Waals surface area contributed by atoms with Crippen molar-refractivity contribution in [3.63, 3.8) is 0 Å². The van der Waals surface area contributed by atoms with Gasteiger partial charge in [-0.05, 0) is 26.0 Å². The summed E-state index contributed by atoms with van der Waals surface area (Å²) in [4.78, 5) is 11.2. The van der Waals surface area contributed by atoms with Crippen molar-refractivity contribution in [2.75, 3.05) is 0 Å². The summed E-state index contributed by atoms with van der Waals surface area (Å²) in [6, 6.07) is 3.57. The van der Waals surface area contributed by atoms with Gasteiger partial charge in [0.2, 0.25) is 5.91 Å². The second kappa shape index (κ2) is 4.28. The zero-order valence-corrected chi connectivity index (χ0v) is 8.87. The van der Waals surface area contributed by atoms with Crippen LogP contribution < -0.4 is 11.1 Å². The Kier molecular flexibility index (Phi) is 3.30. The number of nitrogens with two attached hydrogens (primary N) is 1. The minimum absolute atomic E-state index is 0.121. The number of hydrogen-bond donors (Lipinski definition) is 2. The van der Waals surface area contributed by atoms with Gasteiger partial charge in [-0.25, -0.2) is 0 Å². The van der Waals surface area contributed by atoms with Gasteiger partial charge < -0.3 is 15.6 Å². The van der Waals surface area contributed by atoms with Crippen LogP contribution in [0.5, 0.6) is 0 Å². The molecule has 0 saturated heterocycles. The fourth-order valence-electron chi connectivity index (χ4n) is 1.18. The standard InChI is InChI=1S/C10H17N3O/c1-7-4-5-9(13(7)3)6-12-10(14)8(2)11/h4-5,8H,6,11H2,1-3H3,(H,12,14). The molecule has 78 valence electrons. The molecule has 0 fully saturated rings. The van der Waals surface area contributed by atoms with E-state index in [1.165, 1.54) is 5.69 Å². The number of carbonyl (C=O) groups is 1. The molecule has 0 radical (unpaired) electrons. The van der Waals surface area contributed by atoms with E-state index in [1.807, 2.05) is 30.7 Å². The maximum atomic E-state index is 11.2. The van der Waals surface area contributed by atoms with Crippen molar-refractivity contribution in [2.45, 2.75) is 26.4 Å². The van der Waals surface area contributed by atoms with Crippen molar-refractivity contribution in [1.82, 2.24) is 9.88 Å². The summed E-state index contributed by atoms with van der Waals surface area (Å²) in [7, 11) is 1.97. The second-order valence-electron chi connectivity index (χ2n) is 3.53. The summed E-state index contributed by atoms with van der Waals surface area (Å²) in [6.45, 7) is 4.23. The second-order valence-corrected chi connectivity index (χ2v) is 3.53. The van der Waals surface area contributed by atoms with E-state index in [1.54, 1.807) is 6.92 Å². The van der Waals surface area contributed by atoms with E-state index < -0.39 is 6.04 Å². The fourth-order valence-corrected chi connectivity index (χ4v) is 1.18. The molecule has 0 bridgehead atoms. The van der Waals surface area contributed by atoms with Crippen molar-refractivity contribution in [3.8, 4) is 0 Å².